The molecule has 0 spiro atoms. The quantitative estimate of drug-likeness (QED) is 0.633. The lowest BCUT2D eigenvalue weighted by molar-refractivity contribution is 0.104. The minimum absolute atomic E-state index is 0.00570. The molecule has 1 N–H and O–H groups in total. The molecule has 0 amide bonds. The second-order valence-corrected chi connectivity index (χ2v) is 7.22. The maximum atomic E-state index is 12.1. The van der Waals surface area contributed by atoms with Crippen LogP contribution in [-0.2, 0) is 10.0 Å². The molecule has 2 aromatic carbocycles. The average molecular weight is 350 g/mol. The summed E-state index contributed by atoms with van der Waals surface area (Å²) in [6.45, 7) is 1.56. The van der Waals surface area contributed by atoms with Crippen molar-refractivity contribution in [2.75, 3.05) is 10.5 Å². The van der Waals surface area contributed by atoms with Gasteiger partial charge in [-0.3, -0.25) is 9.52 Å². The molecule has 0 fully saturated rings. The van der Waals surface area contributed by atoms with E-state index in [1.54, 1.807) is 43.3 Å². The van der Waals surface area contributed by atoms with Crippen molar-refractivity contribution >= 4 is 39.2 Å². The molecule has 0 atom stereocenters. The molecular weight excluding hydrogens is 334 g/mol. The van der Waals surface area contributed by atoms with E-state index in [-0.39, 0.29) is 11.5 Å². The van der Waals surface area contributed by atoms with Crippen molar-refractivity contribution in [1.82, 2.24) is 0 Å². The Hall–Kier alpha value is -2.11. The van der Waals surface area contributed by atoms with Crippen LogP contribution in [0.4, 0.5) is 5.69 Å². The lowest BCUT2D eigenvalue weighted by Crippen LogP contribution is -2.14. The van der Waals surface area contributed by atoms with E-state index in [0.29, 0.717) is 16.3 Å². The maximum Gasteiger partial charge on any atom is 0.232 e. The Balaban J connectivity index is 2.10. The minimum atomic E-state index is -3.32. The number of carbonyl (C=O) groups excluding carboxylic acids is 1. The van der Waals surface area contributed by atoms with Crippen molar-refractivity contribution in [1.29, 1.82) is 0 Å². The molecule has 0 saturated carbocycles. The fraction of sp³-hybridized carbons (Fsp3) is 0.118. The number of benzene rings is 2. The summed E-state index contributed by atoms with van der Waals surface area (Å²) in [5, 5.41) is 0.570. The lowest BCUT2D eigenvalue weighted by atomic mass is 10.1. The van der Waals surface area contributed by atoms with Crippen LogP contribution in [0.2, 0.25) is 5.02 Å². The highest BCUT2D eigenvalue weighted by Gasteiger charge is 2.07. The number of halogens is 1. The first-order chi connectivity index (χ1) is 10.9. The van der Waals surface area contributed by atoms with Gasteiger partial charge in [-0.1, -0.05) is 29.8 Å². The number of allylic oxidation sites excluding steroid dienone is 1. The van der Waals surface area contributed by atoms with Crippen LogP contribution in [0.25, 0.3) is 6.08 Å². The largest absolute Gasteiger partial charge is 0.289 e. The monoisotopic (exact) mass is 349 g/mol. The smallest absolute Gasteiger partial charge is 0.232 e. The molecule has 0 saturated heterocycles. The standard InChI is InChI=1S/C17H16ClNO3S/c1-2-23(21,22)19-15-10-7-14(8-11-15)17(20)12-9-13-5-3-4-6-16(13)18/h3-12,19H,2H2,1H3. The van der Waals surface area contributed by atoms with E-state index in [1.807, 2.05) is 18.2 Å². The van der Waals surface area contributed by atoms with E-state index in [2.05, 4.69) is 4.72 Å². The summed E-state index contributed by atoms with van der Waals surface area (Å²) in [6.07, 6.45) is 3.09. The van der Waals surface area contributed by atoms with Crippen molar-refractivity contribution in [3.8, 4) is 0 Å². The summed E-state index contributed by atoms with van der Waals surface area (Å²) in [4.78, 5) is 12.1. The molecule has 0 heterocycles. The predicted molar refractivity (Wildman–Crippen MR) is 94.3 cm³/mol. The summed E-state index contributed by atoms with van der Waals surface area (Å²) in [7, 11) is -3.32. The molecule has 2 aromatic rings. The van der Waals surface area contributed by atoms with E-state index in [1.165, 1.54) is 6.08 Å². The summed E-state index contributed by atoms with van der Waals surface area (Å²) < 4.78 is 25.4. The van der Waals surface area contributed by atoms with Crippen LogP contribution in [0.15, 0.2) is 54.6 Å². The molecule has 0 aliphatic heterocycles. The van der Waals surface area contributed by atoms with Crippen LogP contribution in [0, 0.1) is 0 Å². The van der Waals surface area contributed by atoms with Crippen LogP contribution in [0.1, 0.15) is 22.8 Å². The lowest BCUT2D eigenvalue weighted by Gasteiger charge is -2.06. The van der Waals surface area contributed by atoms with E-state index in [4.69, 9.17) is 11.6 Å². The van der Waals surface area contributed by atoms with Gasteiger partial charge < -0.3 is 0 Å². The molecule has 0 bridgehead atoms. The fourth-order valence-electron chi connectivity index (χ4n) is 1.83. The molecule has 0 aromatic heterocycles. The number of hydrogen-bond acceptors (Lipinski definition) is 3. The average Bonchev–Trinajstić information content (AvgIpc) is 2.54. The van der Waals surface area contributed by atoms with Gasteiger partial charge in [-0.25, -0.2) is 8.42 Å². The van der Waals surface area contributed by atoms with E-state index >= 15 is 0 Å². The Morgan fingerprint density at radius 2 is 1.78 bits per heavy atom. The van der Waals surface area contributed by atoms with Crippen molar-refractivity contribution in [2.24, 2.45) is 0 Å². The Labute approximate surface area is 140 Å². The van der Waals surface area contributed by atoms with Gasteiger partial charge >= 0.3 is 0 Å². The van der Waals surface area contributed by atoms with Gasteiger partial charge in [0.05, 0.1) is 5.75 Å². The molecular formula is C17H16ClNO3S. The number of hydrogen-bond donors (Lipinski definition) is 1. The molecule has 2 rings (SSSR count). The molecule has 0 radical (unpaired) electrons. The van der Waals surface area contributed by atoms with Gasteiger partial charge in [-0.05, 0) is 55.0 Å². The van der Waals surface area contributed by atoms with Crippen LogP contribution in [-0.4, -0.2) is 20.0 Å². The number of nitrogens with one attached hydrogen (secondary N) is 1. The summed E-state index contributed by atoms with van der Waals surface area (Å²) in [5.41, 5.74) is 1.65. The van der Waals surface area contributed by atoms with Gasteiger partial charge in [0.15, 0.2) is 5.78 Å². The van der Waals surface area contributed by atoms with Crippen molar-refractivity contribution in [2.45, 2.75) is 6.92 Å². The van der Waals surface area contributed by atoms with Crippen LogP contribution in [0.5, 0.6) is 0 Å². The summed E-state index contributed by atoms with van der Waals surface area (Å²) in [5.74, 6) is -0.191. The fourth-order valence-corrected chi connectivity index (χ4v) is 2.66. The first kappa shape index (κ1) is 17.2. The Bertz CT molecular complexity index is 827. The normalized spacial score (nSPS) is 11.6. The first-order valence-electron chi connectivity index (χ1n) is 6.99. The zero-order valence-corrected chi connectivity index (χ0v) is 14.1. The van der Waals surface area contributed by atoms with Crippen LogP contribution in [0.3, 0.4) is 0 Å². The van der Waals surface area contributed by atoms with Crippen molar-refractivity contribution < 1.29 is 13.2 Å². The van der Waals surface area contributed by atoms with Crippen LogP contribution < -0.4 is 4.72 Å². The van der Waals surface area contributed by atoms with Gasteiger partial charge in [0, 0.05) is 16.3 Å². The topological polar surface area (TPSA) is 63.2 Å². The molecule has 0 aliphatic rings. The van der Waals surface area contributed by atoms with Crippen molar-refractivity contribution in [3.05, 3.63) is 70.8 Å². The third-order valence-corrected chi connectivity index (χ3v) is 4.79. The third kappa shape index (κ3) is 4.94. The summed E-state index contributed by atoms with van der Waals surface area (Å²) >= 11 is 6.02. The maximum absolute atomic E-state index is 12.1. The minimum Gasteiger partial charge on any atom is -0.289 e. The molecule has 0 unspecified atom stereocenters. The number of rotatable bonds is 6. The van der Waals surface area contributed by atoms with Gasteiger partial charge in [0.25, 0.3) is 0 Å². The molecule has 23 heavy (non-hydrogen) atoms. The number of ketones is 1. The molecule has 6 heteroatoms. The van der Waals surface area contributed by atoms with Gasteiger partial charge in [0.2, 0.25) is 10.0 Å². The highest BCUT2D eigenvalue weighted by Crippen LogP contribution is 2.17. The van der Waals surface area contributed by atoms with E-state index in [9.17, 15) is 13.2 Å². The second kappa shape index (κ2) is 7.44. The highest BCUT2D eigenvalue weighted by molar-refractivity contribution is 7.92. The molecule has 4 nitrogen and oxygen atoms in total. The van der Waals surface area contributed by atoms with Crippen LogP contribution >= 0.6 is 11.6 Å². The summed E-state index contributed by atoms with van der Waals surface area (Å²) in [6, 6.07) is 13.5. The molecule has 0 aliphatic carbocycles. The Morgan fingerprint density at radius 1 is 1.13 bits per heavy atom. The van der Waals surface area contributed by atoms with Gasteiger partial charge in [-0.15, -0.1) is 0 Å². The van der Waals surface area contributed by atoms with Crippen molar-refractivity contribution in [3.63, 3.8) is 0 Å². The van der Waals surface area contributed by atoms with E-state index in [0.717, 1.165) is 5.56 Å². The zero-order chi connectivity index (χ0) is 16.9. The number of carbonyl (C=O) groups is 1. The predicted octanol–water partition coefficient (Wildman–Crippen LogP) is 4.00. The van der Waals surface area contributed by atoms with Gasteiger partial charge in [-0.2, -0.15) is 0 Å². The van der Waals surface area contributed by atoms with Gasteiger partial charge in [0.1, 0.15) is 0 Å². The number of anilines is 1. The highest BCUT2D eigenvalue weighted by atomic mass is 35.5. The SMILES string of the molecule is CCS(=O)(=O)Nc1ccc(C(=O)C=Cc2ccccc2Cl)cc1. The first-order valence-corrected chi connectivity index (χ1v) is 9.02. The zero-order valence-electron chi connectivity index (χ0n) is 12.5. The second-order valence-electron chi connectivity index (χ2n) is 4.80. The third-order valence-electron chi connectivity index (χ3n) is 3.14. The molecule has 120 valence electrons. The Kier molecular flexibility index (Phi) is 5.58. The van der Waals surface area contributed by atoms with E-state index < -0.39 is 10.0 Å². The number of sulfonamides is 1. The Morgan fingerprint density at radius 3 is 2.39 bits per heavy atom.